The molecule has 4 heteroatoms. The van der Waals surface area contributed by atoms with Crippen LogP contribution < -0.4 is 11.1 Å². The van der Waals surface area contributed by atoms with Gasteiger partial charge in [-0.15, -0.1) is 0 Å². The predicted molar refractivity (Wildman–Crippen MR) is 58.1 cm³/mol. The number of hydrogen-bond donors (Lipinski definition) is 2. The van der Waals surface area contributed by atoms with Crippen LogP contribution in [-0.4, -0.2) is 12.5 Å². The number of carbonyl (C=O) groups is 1. The summed E-state index contributed by atoms with van der Waals surface area (Å²) in [5.41, 5.74) is 5.75. The van der Waals surface area contributed by atoms with Crippen LogP contribution in [0.1, 0.15) is 30.1 Å². The molecule has 0 fully saturated rings. The maximum atomic E-state index is 12.8. The highest BCUT2D eigenvalue weighted by Gasteiger charge is 2.06. The Kier molecular flexibility index (Phi) is 4.09. The molecule has 3 N–H and O–H groups in total. The Hall–Kier alpha value is -1.58. The van der Waals surface area contributed by atoms with E-state index < -0.39 is 5.82 Å². The molecule has 1 amide bonds. The van der Waals surface area contributed by atoms with Crippen molar-refractivity contribution in [3.8, 4) is 0 Å². The van der Waals surface area contributed by atoms with E-state index in [9.17, 15) is 9.18 Å². The van der Waals surface area contributed by atoms with E-state index in [4.69, 9.17) is 5.73 Å². The molecule has 15 heavy (non-hydrogen) atoms. The monoisotopic (exact) mass is 210 g/mol. The minimum absolute atomic E-state index is 0.00172. The molecule has 82 valence electrons. The summed E-state index contributed by atoms with van der Waals surface area (Å²) in [4.78, 5) is 11.5. The second-order valence-corrected chi connectivity index (χ2v) is 3.35. The van der Waals surface area contributed by atoms with Crippen LogP contribution in [-0.2, 0) is 0 Å². The largest absolute Gasteiger partial charge is 0.396 e. The van der Waals surface area contributed by atoms with E-state index in [1.165, 1.54) is 18.2 Å². The SMILES string of the molecule is CCCCNC(=O)c1ccc(F)c(N)c1. The average molecular weight is 210 g/mol. The van der Waals surface area contributed by atoms with Gasteiger partial charge in [-0.1, -0.05) is 13.3 Å². The van der Waals surface area contributed by atoms with Crippen molar-refractivity contribution in [2.45, 2.75) is 19.8 Å². The van der Waals surface area contributed by atoms with Crippen LogP contribution in [0.2, 0.25) is 0 Å². The standard InChI is InChI=1S/C11H15FN2O/c1-2-3-6-14-11(15)8-4-5-9(12)10(13)7-8/h4-5,7H,2-3,6,13H2,1H3,(H,14,15). The summed E-state index contributed by atoms with van der Waals surface area (Å²) in [7, 11) is 0. The summed E-state index contributed by atoms with van der Waals surface area (Å²) >= 11 is 0. The number of rotatable bonds is 4. The zero-order valence-electron chi connectivity index (χ0n) is 8.72. The van der Waals surface area contributed by atoms with E-state index in [1.807, 2.05) is 6.92 Å². The lowest BCUT2D eigenvalue weighted by Gasteiger charge is -2.05. The molecule has 1 aromatic carbocycles. The molecule has 0 aliphatic heterocycles. The van der Waals surface area contributed by atoms with Gasteiger partial charge in [0.1, 0.15) is 5.82 Å². The second kappa shape index (κ2) is 5.34. The summed E-state index contributed by atoms with van der Waals surface area (Å²) in [6.45, 7) is 2.68. The molecule has 3 nitrogen and oxygen atoms in total. The molecule has 0 aliphatic rings. The molecular weight excluding hydrogens is 195 g/mol. The Morgan fingerprint density at radius 3 is 2.87 bits per heavy atom. The van der Waals surface area contributed by atoms with Crippen molar-refractivity contribution in [3.63, 3.8) is 0 Å². The maximum Gasteiger partial charge on any atom is 0.251 e. The van der Waals surface area contributed by atoms with Gasteiger partial charge in [0.25, 0.3) is 5.91 Å². The fourth-order valence-corrected chi connectivity index (χ4v) is 1.17. The molecule has 0 unspecified atom stereocenters. The van der Waals surface area contributed by atoms with E-state index in [2.05, 4.69) is 5.32 Å². The lowest BCUT2D eigenvalue weighted by Crippen LogP contribution is -2.24. The quantitative estimate of drug-likeness (QED) is 0.589. The van der Waals surface area contributed by atoms with Gasteiger partial charge in [-0.2, -0.15) is 0 Å². The Bertz CT molecular complexity index is 352. The highest BCUT2D eigenvalue weighted by molar-refractivity contribution is 5.94. The van der Waals surface area contributed by atoms with E-state index in [-0.39, 0.29) is 11.6 Å². The Morgan fingerprint density at radius 2 is 2.27 bits per heavy atom. The van der Waals surface area contributed by atoms with Crippen molar-refractivity contribution in [1.29, 1.82) is 0 Å². The first-order valence-electron chi connectivity index (χ1n) is 4.98. The average Bonchev–Trinajstić information content (AvgIpc) is 2.22. The molecular formula is C11H15FN2O. The number of halogens is 1. The van der Waals surface area contributed by atoms with E-state index >= 15 is 0 Å². The van der Waals surface area contributed by atoms with Crippen molar-refractivity contribution in [2.75, 3.05) is 12.3 Å². The van der Waals surface area contributed by atoms with E-state index in [0.717, 1.165) is 12.8 Å². The van der Waals surface area contributed by atoms with E-state index in [1.54, 1.807) is 0 Å². The van der Waals surface area contributed by atoms with Gasteiger partial charge in [-0.3, -0.25) is 4.79 Å². The topological polar surface area (TPSA) is 55.1 Å². The third kappa shape index (κ3) is 3.23. The molecule has 0 aliphatic carbocycles. The highest BCUT2D eigenvalue weighted by atomic mass is 19.1. The van der Waals surface area contributed by atoms with Crippen molar-refractivity contribution in [2.24, 2.45) is 0 Å². The van der Waals surface area contributed by atoms with Crippen molar-refractivity contribution in [3.05, 3.63) is 29.6 Å². The second-order valence-electron chi connectivity index (χ2n) is 3.35. The number of nitrogens with one attached hydrogen (secondary N) is 1. The Balaban J connectivity index is 2.62. The van der Waals surface area contributed by atoms with Crippen LogP contribution in [0.3, 0.4) is 0 Å². The first-order valence-corrected chi connectivity index (χ1v) is 4.98. The van der Waals surface area contributed by atoms with Crippen molar-refractivity contribution >= 4 is 11.6 Å². The molecule has 0 radical (unpaired) electrons. The number of unbranched alkanes of at least 4 members (excludes halogenated alkanes) is 1. The number of hydrogen-bond acceptors (Lipinski definition) is 2. The normalized spacial score (nSPS) is 10.0. The molecule has 1 rings (SSSR count). The first-order chi connectivity index (χ1) is 7.15. The number of amides is 1. The predicted octanol–water partition coefficient (Wildman–Crippen LogP) is 1.94. The third-order valence-corrected chi connectivity index (χ3v) is 2.07. The van der Waals surface area contributed by atoms with Crippen molar-refractivity contribution < 1.29 is 9.18 Å². The summed E-state index contributed by atoms with van der Waals surface area (Å²) in [6.07, 6.45) is 1.95. The number of carbonyl (C=O) groups excluding carboxylic acids is 1. The molecule has 0 bridgehead atoms. The lowest BCUT2D eigenvalue weighted by atomic mass is 10.2. The molecule has 0 atom stereocenters. The molecule has 0 saturated heterocycles. The fraction of sp³-hybridized carbons (Fsp3) is 0.364. The van der Waals surface area contributed by atoms with Crippen LogP contribution in [0.25, 0.3) is 0 Å². The Labute approximate surface area is 88.5 Å². The summed E-state index contributed by atoms with van der Waals surface area (Å²) in [6, 6.07) is 3.97. The summed E-state index contributed by atoms with van der Waals surface area (Å²) in [5, 5.41) is 2.73. The van der Waals surface area contributed by atoms with Crippen LogP contribution >= 0.6 is 0 Å². The number of anilines is 1. The minimum atomic E-state index is -0.500. The molecule has 0 heterocycles. The Morgan fingerprint density at radius 1 is 1.53 bits per heavy atom. The molecule has 0 spiro atoms. The van der Waals surface area contributed by atoms with Crippen LogP contribution in [0, 0.1) is 5.82 Å². The van der Waals surface area contributed by atoms with Gasteiger partial charge in [0.15, 0.2) is 0 Å². The number of benzene rings is 1. The van der Waals surface area contributed by atoms with Gasteiger partial charge in [-0.25, -0.2) is 4.39 Å². The maximum absolute atomic E-state index is 12.8. The van der Waals surface area contributed by atoms with Gasteiger partial charge in [0, 0.05) is 12.1 Å². The van der Waals surface area contributed by atoms with Crippen LogP contribution in [0.5, 0.6) is 0 Å². The fourth-order valence-electron chi connectivity index (χ4n) is 1.17. The summed E-state index contributed by atoms with van der Waals surface area (Å²) in [5.74, 6) is -0.713. The zero-order chi connectivity index (χ0) is 11.3. The lowest BCUT2D eigenvalue weighted by molar-refractivity contribution is 0.0953. The first kappa shape index (κ1) is 11.5. The molecule has 1 aromatic rings. The van der Waals surface area contributed by atoms with Crippen LogP contribution in [0.4, 0.5) is 10.1 Å². The van der Waals surface area contributed by atoms with Gasteiger partial charge < -0.3 is 11.1 Å². The van der Waals surface area contributed by atoms with Gasteiger partial charge in [0.05, 0.1) is 5.69 Å². The molecule has 0 saturated carbocycles. The van der Waals surface area contributed by atoms with Crippen molar-refractivity contribution in [1.82, 2.24) is 5.32 Å². The number of nitrogens with two attached hydrogens (primary N) is 1. The minimum Gasteiger partial charge on any atom is -0.396 e. The van der Waals surface area contributed by atoms with Gasteiger partial charge >= 0.3 is 0 Å². The third-order valence-electron chi connectivity index (χ3n) is 2.07. The zero-order valence-corrected chi connectivity index (χ0v) is 8.72. The van der Waals surface area contributed by atoms with Crippen LogP contribution in [0.15, 0.2) is 18.2 Å². The smallest absolute Gasteiger partial charge is 0.251 e. The van der Waals surface area contributed by atoms with Gasteiger partial charge in [0.2, 0.25) is 0 Å². The van der Waals surface area contributed by atoms with Gasteiger partial charge in [-0.05, 0) is 24.6 Å². The number of nitrogen functional groups attached to an aromatic ring is 1. The van der Waals surface area contributed by atoms with E-state index in [0.29, 0.717) is 12.1 Å². The molecule has 0 aromatic heterocycles. The highest BCUT2D eigenvalue weighted by Crippen LogP contribution is 2.11. The summed E-state index contributed by atoms with van der Waals surface area (Å²) < 4.78 is 12.8.